The van der Waals surface area contributed by atoms with E-state index in [1.54, 1.807) is 0 Å². The van der Waals surface area contributed by atoms with E-state index < -0.39 is 0 Å². The number of fused-ring (bicyclic) bond motifs is 1. The average molecular weight is 247 g/mol. The highest BCUT2D eigenvalue weighted by atomic mass is 16.6. The molecule has 2 unspecified atom stereocenters. The number of hydrogen-bond acceptors (Lipinski definition) is 3. The molecule has 0 spiro atoms. The first kappa shape index (κ1) is 11.8. The summed E-state index contributed by atoms with van der Waals surface area (Å²) in [7, 11) is 0. The quantitative estimate of drug-likeness (QED) is 0.887. The van der Waals surface area contributed by atoms with Crippen molar-refractivity contribution < 1.29 is 9.47 Å². The van der Waals surface area contributed by atoms with Gasteiger partial charge in [0, 0.05) is 0 Å². The van der Waals surface area contributed by atoms with Crippen LogP contribution in [-0.4, -0.2) is 26.3 Å². The van der Waals surface area contributed by atoms with Crippen molar-refractivity contribution in [2.24, 2.45) is 5.92 Å². The largest absolute Gasteiger partial charge is 0.486 e. The molecule has 1 N–H and O–H groups in total. The molecule has 1 heterocycles. The van der Waals surface area contributed by atoms with Crippen LogP contribution in [0.1, 0.15) is 31.2 Å². The summed E-state index contributed by atoms with van der Waals surface area (Å²) in [6.45, 7) is 5.69. The third-order valence-corrected chi connectivity index (χ3v) is 4.07. The summed E-state index contributed by atoms with van der Waals surface area (Å²) >= 11 is 0. The molecule has 3 nitrogen and oxygen atoms in total. The van der Waals surface area contributed by atoms with E-state index in [0.29, 0.717) is 19.1 Å². The van der Waals surface area contributed by atoms with E-state index in [9.17, 15) is 0 Å². The van der Waals surface area contributed by atoms with Gasteiger partial charge in [-0.2, -0.15) is 0 Å². The number of hydrogen-bond donors (Lipinski definition) is 1. The molecular formula is C15H21NO2. The summed E-state index contributed by atoms with van der Waals surface area (Å²) in [4.78, 5) is 0. The molecule has 18 heavy (non-hydrogen) atoms. The maximum atomic E-state index is 5.66. The number of benzene rings is 1. The first-order chi connectivity index (χ1) is 8.88. The van der Waals surface area contributed by atoms with E-state index in [4.69, 9.17) is 9.47 Å². The third-order valence-electron chi connectivity index (χ3n) is 4.07. The maximum Gasteiger partial charge on any atom is 0.161 e. The SMILES string of the molecule is CCNCC1CCC1c1ccc2c(c1)OCCO2. The standard InChI is InChI=1S/C15H21NO2/c1-2-16-10-12-3-5-13(12)11-4-6-14-15(9-11)18-8-7-17-14/h4,6,9,12-13,16H,2-3,5,7-8,10H2,1H3. The molecule has 1 aromatic rings. The molecule has 1 saturated carbocycles. The Labute approximate surface area is 108 Å². The van der Waals surface area contributed by atoms with Crippen LogP contribution in [0.5, 0.6) is 11.5 Å². The average Bonchev–Trinajstić information content (AvgIpc) is 2.38. The second-order valence-electron chi connectivity index (χ2n) is 5.15. The van der Waals surface area contributed by atoms with Gasteiger partial charge in [-0.1, -0.05) is 13.0 Å². The van der Waals surface area contributed by atoms with Crippen molar-refractivity contribution in [3.05, 3.63) is 23.8 Å². The normalized spacial score (nSPS) is 25.6. The van der Waals surface area contributed by atoms with E-state index in [1.165, 1.54) is 18.4 Å². The zero-order chi connectivity index (χ0) is 12.4. The van der Waals surface area contributed by atoms with E-state index in [1.807, 2.05) is 0 Å². The Balaban J connectivity index is 1.72. The van der Waals surface area contributed by atoms with Crippen LogP contribution in [0.15, 0.2) is 18.2 Å². The molecule has 0 saturated heterocycles. The van der Waals surface area contributed by atoms with Crippen LogP contribution >= 0.6 is 0 Å². The third kappa shape index (κ3) is 2.19. The molecule has 3 rings (SSSR count). The predicted molar refractivity (Wildman–Crippen MR) is 71.4 cm³/mol. The van der Waals surface area contributed by atoms with Gasteiger partial charge in [-0.15, -0.1) is 0 Å². The van der Waals surface area contributed by atoms with Crippen LogP contribution in [-0.2, 0) is 0 Å². The molecule has 1 fully saturated rings. The van der Waals surface area contributed by atoms with Gasteiger partial charge >= 0.3 is 0 Å². The summed E-state index contributed by atoms with van der Waals surface area (Å²) in [5, 5.41) is 3.46. The van der Waals surface area contributed by atoms with Gasteiger partial charge in [-0.3, -0.25) is 0 Å². The molecule has 0 radical (unpaired) electrons. The summed E-state index contributed by atoms with van der Waals surface area (Å²) in [6, 6.07) is 6.44. The summed E-state index contributed by atoms with van der Waals surface area (Å²) in [5.41, 5.74) is 1.41. The number of rotatable bonds is 4. The van der Waals surface area contributed by atoms with Gasteiger partial charge in [-0.25, -0.2) is 0 Å². The summed E-state index contributed by atoms with van der Waals surface area (Å²) < 4.78 is 11.2. The monoisotopic (exact) mass is 247 g/mol. The molecule has 1 aromatic carbocycles. The smallest absolute Gasteiger partial charge is 0.161 e. The van der Waals surface area contributed by atoms with Crippen molar-refractivity contribution in [1.29, 1.82) is 0 Å². The fourth-order valence-electron chi connectivity index (χ4n) is 2.87. The molecule has 2 atom stereocenters. The summed E-state index contributed by atoms with van der Waals surface area (Å²) in [5.74, 6) is 3.30. The Morgan fingerprint density at radius 3 is 2.72 bits per heavy atom. The highest BCUT2D eigenvalue weighted by molar-refractivity contribution is 5.45. The van der Waals surface area contributed by atoms with Gasteiger partial charge in [0.1, 0.15) is 13.2 Å². The Kier molecular flexibility index (Phi) is 3.41. The van der Waals surface area contributed by atoms with Crippen LogP contribution in [0.3, 0.4) is 0 Å². The lowest BCUT2D eigenvalue weighted by molar-refractivity contribution is 0.170. The van der Waals surface area contributed by atoms with Crippen molar-refractivity contribution in [3.8, 4) is 11.5 Å². The second kappa shape index (κ2) is 5.19. The van der Waals surface area contributed by atoms with E-state index in [-0.39, 0.29) is 0 Å². The molecular weight excluding hydrogens is 226 g/mol. The Morgan fingerprint density at radius 2 is 2.00 bits per heavy atom. The lowest BCUT2D eigenvalue weighted by Gasteiger charge is -2.37. The summed E-state index contributed by atoms with van der Waals surface area (Å²) in [6.07, 6.45) is 2.64. The van der Waals surface area contributed by atoms with Gasteiger partial charge in [0.25, 0.3) is 0 Å². The molecule has 0 bridgehead atoms. The predicted octanol–water partition coefficient (Wildman–Crippen LogP) is 2.56. The number of nitrogens with one attached hydrogen (secondary N) is 1. The van der Waals surface area contributed by atoms with Crippen molar-refractivity contribution in [2.45, 2.75) is 25.7 Å². The van der Waals surface area contributed by atoms with Gasteiger partial charge in [0.15, 0.2) is 11.5 Å². The van der Waals surface area contributed by atoms with Crippen molar-refractivity contribution >= 4 is 0 Å². The maximum absolute atomic E-state index is 5.66. The van der Waals surface area contributed by atoms with Gasteiger partial charge in [-0.05, 0) is 55.5 Å². The Hall–Kier alpha value is -1.22. The second-order valence-corrected chi connectivity index (χ2v) is 5.15. The van der Waals surface area contributed by atoms with Gasteiger partial charge in [0.05, 0.1) is 0 Å². The van der Waals surface area contributed by atoms with Crippen LogP contribution in [0.4, 0.5) is 0 Å². The zero-order valence-electron chi connectivity index (χ0n) is 10.9. The fourth-order valence-corrected chi connectivity index (χ4v) is 2.87. The van der Waals surface area contributed by atoms with Gasteiger partial charge in [0.2, 0.25) is 0 Å². The molecule has 1 aliphatic carbocycles. The van der Waals surface area contributed by atoms with Crippen LogP contribution < -0.4 is 14.8 Å². The van der Waals surface area contributed by atoms with E-state index in [2.05, 4.69) is 30.4 Å². The van der Waals surface area contributed by atoms with Crippen molar-refractivity contribution in [1.82, 2.24) is 5.32 Å². The first-order valence-corrected chi connectivity index (χ1v) is 6.98. The molecule has 3 heteroatoms. The van der Waals surface area contributed by atoms with E-state index in [0.717, 1.165) is 30.5 Å². The van der Waals surface area contributed by atoms with Crippen molar-refractivity contribution in [2.75, 3.05) is 26.3 Å². The highest BCUT2D eigenvalue weighted by Crippen LogP contribution is 2.44. The zero-order valence-corrected chi connectivity index (χ0v) is 10.9. The minimum atomic E-state index is 0.665. The minimum absolute atomic E-state index is 0.665. The first-order valence-electron chi connectivity index (χ1n) is 6.98. The Bertz CT molecular complexity index is 419. The van der Waals surface area contributed by atoms with Gasteiger partial charge < -0.3 is 14.8 Å². The fraction of sp³-hybridized carbons (Fsp3) is 0.600. The number of ether oxygens (including phenoxy) is 2. The Morgan fingerprint density at radius 1 is 1.17 bits per heavy atom. The molecule has 0 aromatic heterocycles. The van der Waals surface area contributed by atoms with Crippen LogP contribution in [0.2, 0.25) is 0 Å². The molecule has 98 valence electrons. The lowest BCUT2D eigenvalue weighted by atomic mass is 9.70. The molecule has 1 aliphatic heterocycles. The topological polar surface area (TPSA) is 30.5 Å². The van der Waals surface area contributed by atoms with E-state index >= 15 is 0 Å². The van der Waals surface area contributed by atoms with Crippen LogP contribution in [0, 0.1) is 5.92 Å². The van der Waals surface area contributed by atoms with Crippen LogP contribution in [0.25, 0.3) is 0 Å². The minimum Gasteiger partial charge on any atom is -0.486 e. The lowest BCUT2D eigenvalue weighted by Crippen LogP contribution is -2.33. The highest BCUT2D eigenvalue weighted by Gasteiger charge is 2.32. The molecule has 2 aliphatic rings. The van der Waals surface area contributed by atoms with Crippen molar-refractivity contribution in [3.63, 3.8) is 0 Å². The molecule has 0 amide bonds.